The molecule has 0 saturated heterocycles. The minimum absolute atomic E-state index is 0.0376. The molecule has 1 amide bonds. The second kappa shape index (κ2) is 4.82. The van der Waals surface area contributed by atoms with Crippen molar-refractivity contribution in [3.8, 4) is 0 Å². The largest absolute Gasteiger partial charge is 0.399 e. The number of carbonyl (C=O) groups excluding carboxylic acids is 1. The Labute approximate surface area is 90.7 Å². The molecule has 3 heteroatoms. The van der Waals surface area contributed by atoms with Gasteiger partial charge in [-0.3, -0.25) is 4.79 Å². The van der Waals surface area contributed by atoms with Crippen molar-refractivity contribution in [2.24, 2.45) is 0 Å². The first-order valence-corrected chi connectivity index (χ1v) is 5.16. The van der Waals surface area contributed by atoms with Crippen LogP contribution in [0.1, 0.15) is 32.3 Å². The van der Waals surface area contributed by atoms with Crippen molar-refractivity contribution in [2.75, 3.05) is 5.73 Å². The van der Waals surface area contributed by atoms with Gasteiger partial charge in [0.25, 0.3) is 0 Å². The summed E-state index contributed by atoms with van der Waals surface area (Å²) in [5.74, 6) is -0.119. The van der Waals surface area contributed by atoms with E-state index in [4.69, 9.17) is 5.73 Å². The number of benzene rings is 1. The van der Waals surface area contributed by atoms with Crippen molar-refractivity contribution < 1.29 is 4.79 Å². The smallest absolute Gasteiger partial charge is 0.227 e. The summed E-state index contributed by atoms with van der Waals surface area (Å²) in [5.41, 5.74) is 7.31. The maximum absolute atomic E-state index is 11.7. The van der Waals surface area contributed by atoms with Crippen LogP contribution >= 0.6 is 0 Å². The molecular weight excluding hydrogens is 188 g/mol. The molecular formula is C12H18N2O. The highest BCUT2D eigenvalue weighted by Crippen LogP contribution is 2.17. The molecule has 0 saturated carbocycles. The summed E-state index contributed by atoms with van der Waals surface area (Å²) in [4.78, 5) is 11.7. The molecule has 0 fully saturated rings. The predicted octanol–water partition coefficient (Wildman–Crippen LogP) is 1.90. The van der Waals surface area contributed by atoms with E-state index in [1.807, 2.05) is 45.0 Å². The third-order valence-electron chi connectivity index (χ3n) is 2.23. The van der Waals surface area contributed by atoms with Gasteiger partial charge in [-0.1, -0.05) is 12.1 Å². The highest BCUT2D eigenvalue weighted by atomic mass is 16.1. The molecule has 1 atom stereocenters. The van der Waals surface area contributed by atoms with Gasteiger partial charge >= 0.3 is 0 Å². The van der Waals surface area contributed by atoms with Gasteiger partial charge in [0.15, 0.2) is 0 Å². The van der Waals surface area contributed by atoms with E-state index in [-0.39, 0.29) is 17.9 Å². The van der Waals surface area contributed by atoms with Gasteiger partial charge in [-0.15, -0.1) is 0 Å². The summed E-state index contributed by atoms with van der Waals surface area (Å²) in [6.45, 7) is 5.78. The molecule has 0 aliphatic rings. The van der Waals surface area contributed by atoms with Gasteiger partial charge in [0.1, 0.15) is 0 Å². The number of nitrogens with one attached hydrogen (secondary N) is 1. The van der Waals surface area contributed by atoms with E-state index in [2.05, 4.69) is 5.32 Å². The lowest BCUT2D eigenvalue weighted by molar-refractivity contribution is -0.122. The van der Waals surface area contributed by atoms with Crippen LogP contribution in [0.5, 0.6) is 0 Å². The standard InChI is InChI=1S/C12H18N2O/c1-8(2)14-12(15)9(3)10-5-4-6-11(13)7-10/h4-9H,13H2,1-3H3,(H,14,15). The normalized spacial score (nSPS) is 12.5. The Hall–Kier alpha value is -1.51. The topological polar surface area (TPSA) is 55.1 Å². The van der Waals surface area contributed by atoms with Crippen molar-refractivity contribution in [3.05, 3.63) is 29.8 Å². The number of nitrogens with two attached hydrogens (primary N) is 1. The summed E-state index contributed by atoms with van der Waals surface area (Å²) < 4.78 is 0. The van der Waals surface area contributed by atoms with Crippen LogP contribution in [0.2, 0.25) is 0 Å². The Balaban J connectivity index is 2.76. The van der Waals surface area contributed by atoms with Crippen LogP contribution in [0.4, 0.5) is 5.69 Å². The van der Waals surface area contributed by atoms with E-state index in [9.17, 15) is 4.79 Å². The molecule has 0 spiro atoms. The summed E-state index contributed by atoms with van der Waals surface area (Å²) in [6.07, 6.45) is 0. The van der Waals surface area contributed by atoms with Crippen LogP contribution in [0.3, 0.4) is 0 Å². The van der Waals surface area contributed by atoms with Crippen molar-refractivity contribution in [2.45, 2.75) is 32.7 Å². The predicted molar refractivity (Wildman–Crippen MR) is 62.5 cm³/mol. The van der Waals surface area contributed by atoms with Gasteiger partial charge in [-0.05, 0) is 38.5 Å². The Morgan fingerprint density at radius 2 is 2.00 bits per heavy atom. The van der Waals surface area contributed by atoms with Gasteiger partial charge in [0, 0.05) is 11.7 Å². The van der Waals surface area contributed by atoms with Crippen LogP contribution in [0, 0.1) is 0 Å². The molecule has 3 nitrogen and oxygen atoms in total. The second-order valence-corrected chi connectivity index (χ2v) is 4.06. The van der Waals surface area contributed by atoms with E-state index < -0.39 is 0 Å². The average molecular weight is 206 g/mol. The zero-order valence-corrected chi connectivity index (χ0v) is 9.45. The Morgan fingerprint density at radius 3 is 2.53 bits per heavy atom. The lowest BCUT2D eigenvalue weighted by Gasteiger charge is -2.15. The number of anilines is 1. The third-order valence-corrected chi connectivity index (χ3v) is 2.23. The van der Waals surface area contributed by atoms with Gasteiger partial charge in [-0.25, -0.2) is 0 Å². The Bertz CT molecular complexity index is 347. The molecule has 0 aromatic heterocycles. The molecule has 15 heavy (non-hydrogen) atoms. The van der Waals surface area contributed by atoms with Crippen LogP contribution in [-0.2, 0) is 4.79 Å². The molecule has 0 radical (unpaired) electrons. The second-order valence-electron chi connectivity index (χ2n) is 4.06. The van der Waals surface area contributed by atoms with Gasteiger partial charge in [-0.2, -0.15) is 0 Å². The highest BCUT2D eigenvalue weighted by molar-refractivity contribution is 5.83. The van der Waals surface area contributed by atoms with Gasteiger partial charge in [0.05, 0.1) is 5.92 Å². The van der Waals surface area contributed by atoms with Crippen molar-refractivity contribution in [1.29, 1.82) is 0 Å². The van der Waals surface area contributed by atoms with Crippen molar-refractivity contribution >= 4 is 11.6 Å². The molecule has 1 unspecified atom stereocenters. The first-order chi connectivity index (χ1) is 7.00. The molecule has 0 aliphatic carbocycles. The maximum Gasteiger partial charge on any atom is 0.227 e. The fraction of sp³-hybridized carbons (Fsp3) is 0.417. The molecule has 3 N–H and O–H groups in total. The molecule has 0 aliphatic heterocycles. The molecule has 1 aromatic carbocycles. The summed E-state index contributed by atoms with van der Waals surface area (Å²) in [6, 6.07) is 7.60. The maximum atomic E-state index is 11.7. The van der Waals surface area contributed by atoms with Gasteiger partial charge in [0.2, 0.25) is 5.91 Å². The first kappa shape index (κ1) is 11.6. The van der Waals surface area contributed by atoms with Gasteiger partial charge < -0.3 is 11.1 Å². The zero-order chi connectivity index (χ0) is 11.4. The average Bonchev–Trinajstić information content (AvgIpc) is 2.15. The molecule has 82 valence electrons. The molecule has 0 heterocycles. The van der Waals surface area contributed by atoms with E-state index in [1.165, 1.54) is 0 Å². The lowest BCUT2D eigenvalue weighted by Crippen LogP contribution is -2.33. The Morgan fingerprint density at radius 1 is 1.33 bits per heavy atom. The van der Waals surface area contributed by atoms with E-state index in [0.29, 0.717) is 5.69 Å². The number of hydrogen-bond donors (Lipinski definition) is 2. The third kappa shape index (κ3) is 3.27. The lowest BCUT2D eigenvalue weighted by atomic mass is 9.99. The molecule has 0 bridgehead atoms. The summed E-state index contributed by atoms with van der Waals surface area (Å²) >= 11 is 0. The molecule has 1 aromatic rings. The minimum Gasteiger partial charge on any atom is -0.399 e. The van der Waals surface area contributed by atoms with Crippen molar-refractivity contribution in [3.63, 3.8) is 0 Å². The van der Waals surface area contributed by atoms with Crippen LogP contribution in [0.15, 0.2) is 24.3 Å². The van der Waals surface area contributed by atoms with E-state index >= 15 is 0 Å². The van der Waals surface area contributed by atoms with E-state index in [1.54, 1.807) is 0 Å². The van der Waals surface area contributed by atoms with Crippen LogP contribution < -0.4 is 11.1 Å². The molecule has 1 rings (SSSR count). The van der Waals surface area contributed by atoms with E-state index in [0.717, 1.165) is 5.56 Å². The zero-order valence-electron chi connectivity index (χ0n) is 9.45. The number of amides is 1. The minimum atomic E-state index is -0.157. The monoisotopic (exact) mass is 206 g/mol. The SMILES string of the molecule is CC(C)NC(=O)C(C)c1cccc(N)c1. The summed E-state index contributed by atoms with van der Waals surface area (Å²) in [7, 11) is 0. The number of hydrogen-bond acceptors (Lipinski definition) is 2. The summed E-state index contributed by atoms with van der Waals surface area (Å²) in [5, 5.41) is 2.88. The highest BCUT2D eigenvalue weighted by Gasteiger charge is 2.15. The fourth-order valence-corrected chi connectivity index (χ4v) is 1.39. The fourth-order valence-electron chi connectivity index (χ4n) is 1.39. The quantitative estimate of drug-likeness (QED) is 0.742. The van der Waals surface area contributed by atoms with Crippen LogP contribution in [-0.4, -0.2) is 11.9 Å². The van der Waals surface area contributed by atoms with Crippen molar-refractivity contribution in [1.82, 2.24) is 5.32 Å². The number of nitrogen functional groups attached to an aromatic ring is 1. The number of rotatable bonds is 3. The first-order valence-electron chi connectivity index (χ1n) is 5.16. The van der Waals surface area contributed by atoms with Crippen LogP contribution in [0.25, 0.3) is 0 Å². The Kier molecular flexibility index (Phi) is 3.72. The number of carbonyl (C=O) groups is 1.